The lowest BCUT2D eigenvalue weighted by molar-refractivity contribution is 0.0942. The number of nitrogens with zero attached hydrogens (tertiary/aromatic N) is 2. The second-order valence-electron chi connectivity index (χ2n) is 7.16. The Morgan fingerprint density at radius 1 is 1.29 bits per heavy atom. The fraction of sp³-hybridized carbons (Fsp3) is 0.421. The van der Waals surface area contributed by atoms with Crippen molar-refractivity contribution in [3.05, 3.63) is 47.8 Å². The minimum absolute atomic E-state index is 0.0899. The van der Waals surface area contributed by atoms with Gasteiger partial charge in [0.2, 0.25) is 0 Å². The summed E-state index contributed by atoms with van der Waals surface area (Å²) in [5, 5.41) is 7.12. The molecular weight excluding hydrogens is 302 g/mol. The zero-order valence-corrected chi connectivity index (χ0v) is 14.4. The SMILES string of the molecule is CC(C)(C)c1noc(-c2ccccc2C(=O)NC2C=CCCC2)n1. The Kier molecular flexibility index (Phi) is 4.51. The van der Waals surface area contributed by atoms with Gasteiger partial charge in [-0.15, -0.1) is 0 Å². The highest BCUT2D eigenvalue weighted by Crippen LogP contribution is 2.26. The van der Waals surface area contributed by atoms with Crippen LogP contribution in [-0.2, 0) is 5.41 Å². The van der Waals surface area contributed by atoms with Crippen LogP contribution in [0.25, 0.3) is 11.5 Å². The Morgan fingerprint density at radius 3 is 2.75 bits per heavy atom. The van der Waals surface area contributed by atoms with E-state index < -0.39 is 0 Å². The van der Waals surface area contributed by atoms with Gasteiger partial charge in [0.15, 0.2) is 5.82 Å². The Labute approximate surface area is 142 Å². The molecule has 0 spiro atoms. The van der Waals surface area contributed by atoms with E-state index in [0.717, 1.165) is 19.3 Å². The normalized spacial score (nSPS) is 17.7. The molecule has 2 aromatic rings. The summed E-state index contributed by atoms with van der Waals surface area (Å²) < 4.78 is 5.40. The van der Waals surface area contributed by atoms with Crippen LogP contribution in [0.2, 0.25) is 0 Å². The summed E-state index contributed by atoms with van der Waals surface area (Å²) in [6, 6.07) is 7.43. The van der Waals surface area contributed by atoms with Crippen LogP contribution < -0.4 is 5.32 Å². The third-order valence-corrected chi connectivity index (χ3v) is 4.07. The van der Waals surface area contributed by atoms with Gasteiger partial charge in [-0.05, 0) is 31.4 Å². The Hall–Kier alpha value is -2.43. The highest BCUT2D eigenvalue weighted by molar-refractivity contribution is 6.00. The first-order chi connectivity index (χ1) is 11.4. The van der Waals surface area contributed by atoms with E-state index in [1.54, 1.807) is 6.07 Å². The van der Waals surface area contributed by atoms with Crippen molar-refractivity contribution in [2.24, 2.45) is 0 Å². The third-order valence-electron chi connectivity index (χ3n) is 4.07. The smallest absolute Gasteiger partial charge is 0.258 e. The molecule has 5 nitrogen and oxygen atoms in total. The van der Waals surface area contributed by atoms with Crippen LogP contribution in [0, 0.1) is 0 Å². The summed E-state index contributed by atoms with van der Waals surface area (Å²) in [5.41, 5.74) is 1.02. The maximum absolute atomic E-state index is 12.7. The summed E-state index contributed by atoms with van der Waals surface area (Å²) in [4.78, 5) is 17.1. The van der Waals surface area contributed by atoms with Gasteiger partial charge in [0.05, 0.1) is 11.1 Å². The fourth-order valence-corrected chi connectivity index (χ4v) is 2.68. The number of hydrogen-bond donors (Lipinski definition) is 1. The number of aromatic nitrogens is 2. The maximum Gasteiger partial charge on any atom is 0.258 e. The molecule has 3 rings (SSSR count). The van der Waals surface area contributed by atoms with Gasteiger partial charge in [-0.1, -0.05) is 50.2 Å². The molecule has 5 heteroatoms. The molecule has 0 aliphatic heterocycles. The lowest BCUT2D eigenvalue weighted by Crippen LogP contribution is -2.34. The van der Waals surface area contributed by atoms with Gasteiger partial charge in [-0.25, -0.2) is 0 Å². The van der Waals surface area contributed by atoms with E-state index in [4.69, 9.17) is 4.52 Å². The lowest BCUT2D eigenvalue weighted by Gasteiger charge is -2.18. The number of carbonyl (C=O) groups excluding carboxylic acids is 1. The predicted octanol–water partition coefficient (Wildman–Crippen LogP) is 3.87. The Balaban J connectivity index is 1.87. The van der Waals surface area contributed by atoms with Crippen molar-refractivity contribution >= 4 is 5.91 Å². The minimum atomic E-state index is -0.203. The van der Waals surface area contributed by atoms with Crippen molar-refractivity contribution in [1.82, 2.24) is 15.5 Å². The standard InChI is InChI=1S/C19H23N3O2/c1-19(2,3)18-21-17(24-22-18)15-12-8-7-11-14(15)16(23)20-13-9-5-4-6-10-13/h5,7-9,11-13H,4,6,10H2,1-3H3,(H,20,23). The number of carbonyl (C=O) groups is 1. The minimum Gasteiger partial charge on any atom is -0.346 e. The van der Waals surface area contributed by atoms with Gasteiger partial charge >= 0.3 is 0 Å². The largest absolute Gasteiger partial charge is 0.346 e. The average Bonchev–Trinajstić information content (AvgIpc) is 3.06. The van der Waals surface area contributed by atoms with Gasteiger partial charge < -0.3 is 9.84 Å². The Bertz CT molecular complexity index is 756. The summed E-state index contributed by atoms with van der Waals surface area (Å²) in [6.07, 6.45) is 7.34. The average molecular weight is 325 g/mol. The number of rotatable bonds is 3. The van der Waals surface area contributed by atoms with Crippen molar-refractivity contribution in [1.29, 1.82) is 0 Å². The second kappa shape index (κ2) is 6.59. The molecule has 1 heterocycles. The van der Waals surface area contributed by atoms with Crippen molar-refractivity contribution < 1.29 is 9.32 Å². The molecule has 1 aromatic carbocycles. The number of hydrogen-bond acceptors (Lipinski definition) is 4. The van der Waals surface area contributed by atoms with E-state index in [0.29, 0.717) is 22.8 Å². The van der Waals surface area contributed by atoms with E-state index in [2.05, 4.69) is 27.6 Å². The molecule has 1 aromatic heterocycles. The summed E-state index contributed by atoms with van der Waals surface area (Å²) in [5.74, 6) is 0.894. The highest BCUT2D eigenvalue weighted by atomic mass is 16.5. The van der Waals surface area contributed by atoms with E-state index in [1.165, 1.54) is 0 Å². The van der Waals surface area contributed by atoms with Gasteiger partial charge in [-0.2, -0.15) is 4.98 Å². The quantitative estimate of drug-likeness (QED) is 0.870. The summed E-state index contributed by atoms with van der Waals surface area (Å²) in [6.45, 7) is 6.07. The molecule has 0 bridgehead atoms. The maximum atomic E-state index is 12.7. The van der Waals surface area contributed by atoms with Gasteiger partial charge in [-0.3, -0.25) is 4.79 Å². The first-order valence-electron chi connectivity index (χ1n) is 8.36. The summed E-state index contributed by atoms with van der Waals surface area (Å²) >= 11 is 0. The summed E-state index contributed by atoms with van der Waals surface area (Å²) in [7, 11) is 0. The molecule has 1 atom stereocenters. The molecule has 126 valence electrons. The molecule has 24 heavy (non-hydrogen) atoms. The van der Waals surface area contributed by atoms with Crippen molar-refractivity contribution in [3.8, 4) is 11.5 Å². The topological polar surface area (TPSA) is 68.0 Å². The van der Waals surface area contributed by atoms with Crippen LogP contribution in [0.1, 0.15) is 56.2 Å². The molecule has 0 saturated carbocycles. The fourth-order valence-electron chi connectivity index (χ4n) is 2.68. The van der Waals surface area contributed by atoms with E-state index in [9.17, 15) is 4.79 Å². The highest BCUT2D eigenvalue weighted by Gasteiger charge is 2.24. The van der Waals surface area contributed by atoms with E-state index >= 15 is 0 Å². The number of allylic oxidation sites excluding steroid dienone is 1. The molecule has 1 amide bonds. The monoisotopic (exact) mass is 325 g/mol. The van der Waals surface area contributed by atoms with Crippen molar-refractivity contribution in [2.45, 2.75) is 51.5 Å². The van der Waals surface area contributed by atoms with Crippen LogP contribution >= 0.6 is 0 Å². The molecule has 0 radical (unpaired) electrons. The van der Waals surface area contributed by atoms with Gasteiger partial charge in [0.1, 0.15) is 0 Å². The lowest BCUT2D eigenvalue weighted by atomic mass is 9.96. The zero-order chi connectivity index (χ0) is 17.2. The molecule has 1 aliphatic carbocycles. The van der Waals surface area contributed by atoms with E-state index in [1.807, 2.05) is 39.0 Å². The Morgan fingerprint density at radius 2 is 2.08 bits per heavy atom. The van der Waals surface area contributed by atoms with Crippen LogP contribution in [0.3, 0.4) is 0 Å². The van der Waals surface area contributed by atoms with Crippen molar-refractivity contribution in [3.63, 3.8) is 0 Å². The first kappa shape index (κ1) is 16.4. The van der Waals surface area contributed by atoms with Gasteiger partial charge in [0.25, 0.3) is 11.8 Å². The molecular formula is C19H23N3O2. The number of benzene rings is 1. The molecule has 0 saturated heterocycles. The molecule has 1 N–H and O–H groups in total. The van der Waals surface area contributed by atoms with Crippen molar-refractivity contribution in [2.75, 3.05) is 0 Å². The zero-order valence-electron chi connectivity index (χ0n) is 14.4. The van der Waals surface area contributed by atoms with Crippen LogP contribution in [0.4, 0.5) is 0 Å². The van der Waals surface area contributed by atoms with E-state index in [-0.39, 0.29) is 17.4 Å². The second-order valence-corrected chi connectivity index (χ2v) is 7.16. The third kappa shape index (κ3) is 3.55. The molecule has 0 fully saturated rings. The van der Waals surface area contributed by atoms with Crippen LogP contribution in [-0.4, -0.2) is 22.1 Å². The molecule has 1 aliphatic rings. The predicted molar refractivity (Wildman–Crippen MR) is 92.7 cm³/mol. The first-order valence-corrected chi connectivity index (χ1v) is 8.36. The van der Waals surface area contributed by atoms with Gasteiger partial charge in [0, 0.05) is 11.5 Å². The number of nitrogens with one attached hydrogen (secondary N) is 1. The van der Waals surface area contributed by atoms with Crippen LogP contribution in [0.15, 0.2) is 40.9 Å². The number of amides is 1. The van der Waals surface area contributed by atoms with Crippen LogP contribution in [0.5, 0.6) is 0 Å². The molecule has 1 unspecified atom stereocenters.